The molecule has 0 radical (unpaired) electrons. The molecule has 1 saturated heterocycles. The smallest absolute Gasteiger partial charge is 0.312 e. The molecule has 5 aliphatic rings. The Morgan fingerprint density at radius 3 is 2.45 bits per heavy atom. The zero-order valence-electron chi connectivity index (χ0n) is 18.7. The second-order valence-electron chi connectivity index (χ2n) is 10.8. The minimum atomic E-state index is -1.14. The Hall–Kier alpha value is -1.74. The van der Waals surface area contributed by atoms with Gasteiger partial charge in [-0.05, 0) is 75.3 Å². The Kier molecular flexibility index (Phi) is 5.21. The minimum absolute atomic E-state index is 0.0548. The van der Waals surface area contributed by atoms with Gasteiger partial charge < -0.3 is 19.7 Å². The first-order valence-corrected chi connectivity index (χ1v) is 12.4. The predicted molar refractivity (Wildman–Crippen MR) is 119 cm³/mol. The Labute approximate surface area is 197 Å². The molecule has 2 aromatic rings. The highest BCUT2D eigenvalue weighted by Gasteiger charge is 2.56. The van der Waals surface area contributed by atoms with Crippen molar-refractivity contribution >= 4 is 23.1 Å². The summed E-state index contributed by atoms with van der Waals surface area (Å²) in [5.41, 5.74) is 1.26. The number of carbonyl (C=O) groups is 1. The fourth-order valence-corrected chi connectivity index (χ4v) is 7.42. The van der Waals surface area contributed by atoms with E-state index in [1.54, 1.807) is 10.6 Å². The molecule has 0 unspecified atom stereocenters. The number of rotatable bonds is 5. The van der Waals surface area contributed by atoms with E-state index in [9.17, 15) is 15.0 Å². The van der Waals surface area contributed by atoms with Gasteiger partial charge in [-0.2, -0.15) is 5.10 Å². The van der Waals surface area contributed by atoms with Crippen LogP contribution in [0.1, 0.15) is 50.0 Å². The second kappa shape index (κ2) is 7.90. The van der Waals surface area contributed by atoms with Gasteiger partial charge in [-0.25, -0.2) is 9.50 Å². The standard InChI is InChI=1S/C24H30ClN3O5/c1-12-16-2-3-19(25)27-28(16)20(26-12)7-17-21(29)22(30)18(33-17)11-32-23(31)24-8-13-4-14(9-24)6-15(5-13)10-24/h2-3,13-15,17-18,21-22,29-30H,4-11H2,1H3/t13?,14?,15?,17-,18+,21-,22+,24?/m0/s1. The monoisotopic (exact) mass is 475 g/mol. The normalized spacial score (nSPS) is 39.5. The molecule has 1 aliphatic heterocycles. The number of esters is 1. The molecular formula is C24H30ClN3O5. The number of aliphatic hydroxyl groups is 2. The SMILES string of the molecule is Cc1nc(C[C@@H]2O[C@H](COC(=O)C34CC5CC(CC(C5)C3)C4)[C@@H](O)[C@H]2O)n2nc(Cl)ccc12. The summed E-state index contributed by atoms with van der Waals surface area (Å²) in [6, 6.07) is 3.54. The summed E-state index contributed by atoms with van der Waals surface area (Å²) >= 11 is 6.05. The first-order chi connectivity index (χ1) is 15.8. The van der Waals surface area contributed by atoms with Crippen molar-refractivity contribution in [3.63, 3.8) is 0 Å². The van der Waals surface area contributed by atoms with E-state index in [4.69, 9.17) is 21.1 Å². The van der Waals surface area contributed by atoms with E-state index in [-0.39, 0.29) is 24.4 Å². The highest BCUT2D eigenvalue weighted by Crippen LogP contribution is 2.60. The number of nitrogens with zero attached hydrogens (tertiary/aromatic N) is 3. The van der Waals surface area contributed by atoms with Crippen LogP contribution in [0.25, 0.3) is 5.52 Å². The van der Waals surface area contributed by atoms with Crippen LogP contribution >= 0.6 is 11.6 Å². The molecule has 4 aliphatic carbocycles. The van der Waals surface area contributed by atoms with Crippen LogP contribution in [0.4, 0.5) is 0 Å². The van der Waals surface area contributed by atoms with E-state index >= 15 is 0 Å². The molecule has 4 saturated carbocycles. The highest BCUT2D eigenvalue weighted by molar-refractivity contribution is 6.29. The maximum absolute atomic E-state index is 13.1. The maximum Gasteiger partial charge on any atom is 0.312 e. The lowest BCUT2D eigenvalue weighted by molar-refractivity contribution is -0.176. The van der Waals surface area contributed by atoms with Gasteiger partial charge in [0.05, 0.1) is 22.7 Å². The van der Waals surface area contributed by atoms with Gasteiger partial charge in [0.1, 0.15) is 35.9 Å². The third-order valence-electron chi connectivity index (χ3n) is 8.41. The first-order valence-electron chi connectivity index (χ1n) is 12.0. The van der Waals surface area contributed by atoms with Gasteiger partial charge in [0.25, 0.3) is 0 Å². The average Bonchev–Trinajstić information content (AvgIpc) is 3.21. The highest BCUT2D eigenvalue weighted by atomic mass is 35.5. The number of imidazole rings is 1. The van der Waals surface area contributed by atoms with Gasteiger partial charge in [0.15, 0.2) is 0 Å². The molecule has 3 heterocycles. The van der Waals surface area contributed by atoms with Crippen LogP contribution in [0.15, 0.2) is 12.1 Å². The average molecular weight is 476 g/mol. The lowest BCUT2D eigenvalue weighted by Gasteiger charge is -2.55. The summed E-state index contributed by atoms with van der Waals surface area (Å²) in [7, 11) is 0. The largest absolute Gasteiger partial charge is 0.462 e. The molecule has 5 fully saturated rings. The lowest BCUT2D eigenvalue weighted by Crippen LogP contribution is -2.51. The van der Waals surface area contributed by atoms with Crippen molar-refractivity contribution in [3.8, 4) is 0 Å². The summed E-state index contributed by atoms with van der Waals surface area (Å²) in [5, 5.41) is 25.8. The van der Waals surface area contributed by atoms with E-state index in [1.807, 2.05) is 13.0 Å². The fraction of sp³-hybridized carbons (Fsp3) is 0.708. The van der Waals surface area contributed by atoms with Crippen LogP contribution in [0.3, 0.4) is 0 Å². The van der Waals surface area contributed by atoms with Gasteiger partial charge in [-0.3, -0.25) is 4.79 Å². The molecule has 0 amide bonds. The van der Waals surface area contributed by atoms with Crippen LogP contribution in [-0.4, -0.2) is 61.8 Å². The summed E-state index contributed by atoms with van der Waals surface area (Å²) in [4.78, 5) is 17.7. The van der Waals surface area contributed by atoms with Crippen LogP contribution < -0.4 is 0 Å². The first kappa shape index (κ1) is 21.8. The molecule has 2 N–H and O–H groups in total. The van der Waals surface area contributed by atoms with Crippen molar-refractivity contribution in [2.24, 2.45) is 23.2 Å². The van der Waals surface area contributed by atoms with E-state index in [2.05, 4.69) is 10.1 Å². The molecule has 0 aromatic carbocycles. The molecule has 4 bridgehead atoms. The number of aryl methyl sites for hydroxylation is 1. The molecule has 7 rings (SSSR count). The Balaban J connectivity index is 1.12. The Bertz CT molecular complexity index is 1050. The summed E-state index contributed by atoms with van der Waals surface area (Å²) in [5.74, 6) is 2.39. The zero-order chi connectivity index (χ0) is 22.9. The lowest BCUT2D eigenvalue weighted by atomic mass is 9.49. The van der Waals surface area contributed by atoms with E-state index in [0.29, 0.717) is 28.7 Å². The molecule has 8 nitrogen and oxygen atoms in total. The number of aromatic nitrogens is 3. The quantitative estimate of drug-likeness (QED) is 0.640. The van der Waals surface area contributed by atoms with Crippen molar-refractivity contribution in [3.05, 3.63) is 28.8 Å². The van der Waals surface area contributed by atoms with Gasteiger partial charge in [-0.15, -0.1) is 0 Å². The van der Waals surface area contributed by atoms with Crippen LogP contribution in [0.5, 0.6) is 0 Å². The summed E-state index contributed by atoms with van der Waals surface area (Å²) in [6.07, 6.45) is 3.10. The van der Waals surface area contributed by atoms with E-state index < -0.39 is 24.4 Å². The van der Waals surface area contributed by atoms with Crippen molar-refractivity contribution in [2.45, 2.75) is 76.3 Å². The van der Waals surface area contributed by atoms with Crippen LogP contribution in [0, 0.1) is 30.1 Å². The van der Waals surface area contributed by atoms with Crippen molar-refractivity contribution in [1.82, 2.24) is 14.6 Å². The maximum atomic E-state index is 13.1. The topological polar surface area (TPSA) is 106 Å². The Morgan fingerprint density at radius 2 is 1.79 bits per heavy atom. The minimum Gasteiger partial charge on any atom is -0.462 e. The third kappa shape index (κ3) is 3.66. The van der Waals surface area contributed by atoms with Gasteiger partial charge in [0, 0.05) is 6.42 Å². The fourth-order valence-electron chi connectivity index (χ4n) is 7.29. The molecule has 178 valence electrons. The molecule has 33 heavy (non-hydrogen) atoms. The van der Waals surface area contributed by atoms with Crippen LogP contribution in [0.2, 0.25) is 5.15 Å². The number of hydrogen-bond donors (Lipinski definition) is 2. The van der Waals surface area contributed by atoms with Crippen molar-refractivity contribution in [1.29, 1.82) is 0 Å². The summed E-state index contributed by atoms with van der Waals surface area (Å²) < 4.78 is 13.3. The Morgan fingerprint density at radius 1 is 1.15 bits per heavy atom. The number of halogens is 1. The third-order valence-corrected chi connectivity index (χ3v) is 8.61. The van der Waals surface area contributed by atoms with E-state index in [1.165, 1.54) is 19.3 Å². The number of fused-ring (bicyclic) bond motifs is 1. The molecular weight excluding hydrogens is 446 g/mol. The van der Waals surface area contributed by atoms with Crippen molar-refractivity contribution < 1.29 is 24.5 Å². The molecule has 9 heteroatoms. The van der Waals surface area contributed by atoms with Gasteiger partial charge >= 0.3 is 5.97 Å². The van der Waals surface area contributed by atoms with Gasteiger partial charge in [-0.1, -0.05) is 11.6 Å². The molecule has 2 aromatic heterocycles. The van der Waals surface area contributed by atoms with Crippen LogP contribution in [-0.2, 0) is 20.7 Å². The van der Waals surface area contributed by atoms with E-state index in [0.717, 1.165) is 30.5 Å². The number of ether oxygens (including phenoxy) is 2. The number of carbonyl (C=O) groups excluding carboxylic acids is 1. The number of hydrogen-bond acceptors (Lipinski definition) is 7. The summed E-state index contributed by atoms with van der Waals surface area (Å²) in [6.45, 7) is 1.82. The number of aliphatic hydroxyl groups excluding tert-OH is 2. The zero-order valence-corrected chi connectivity index (χ0v) is 19.4. The molecule has 4 atom stereocenters. The van der Waals surface area contributed by atoms with Crippen molar-refractivity contribution in [2.75, 3.05) is 6.61 Å². The predicted octanol–water partition coefficient (Wildman–Crippen LogP) is 2.48. The van der Waals surface area contributed by atoms with Gasteiger partial charge in [0.2, 0.25) is 0 Å². The second-order valence-corrected chi connectivity index (χ2v) is 11.1. The molecule has 0 spiro atoms.